The van der Waals surface area contributed by atoms with Gasteiger partial charge in [0.15, 0.2) is 0 Å². The van der Waals surface area contributed by atoms with Crippen LogP contribution in [0.3, 0.4) is 0 Å². The highest BCUT2D eigenvalue weighted by atomic mass is 15.1. The van der Waals surface area contributed by atoms with Gasteiger partial charge in [-0.3, -0.25) is 0 Å². The average molecular weight is 260 g/mol. The van der Waals surface area contributed by atoms with Crippen molar-refractivity contribution in [1.82, 2.24) is 10.2 Å². The number of nitrogens with one attached hydrogen (secondary N) is 1. The van der Waals surface area contributed by atoms with E-state index in [1.54, 1.807) is 0 Å². The zero-order chi connectivity index (χ0) is 13.5. The number of piperidine rings is 1. The summed E-state index contributed by atoms with van der Waals surface area (Å²) >= 11 is 0. The molecule has 1 fully saturated rings. The van der Waals surface area contributed by atoms with E-state index in [0.717, 1.165) is 25.4 Å². The number of hydrogen-bond acceptors (Lipinski definition) is 2. The van der Waals surface area contributed by atoms with E-state index in [1.807, 2.05) is 0 Å². The third-order valence-corrected chi connectivity index (χ3v) is 4.24. The summed E-state index contributed by atoms with van der Waals surface area (Å²) in [4.78, 5) is 2.59. The van der Waals surface area contributed by atoms with Crippen molar-refractivity contribution in [2.75, 3.05) is 26.2 Å². The minimum atomic E-state index is 0.932. The van der Waals surface area contributed by atoms with Crippen molar-refractivity contribution in [3.05, 3.63) is 35.4 Å². The molecule has 0 unspecified atom stereocenters. The Kier molecular flexibility index (Phi) is 5.87. The van der Waals surface area contributed by atoms with Gasteiger partial charge in [-0.1, -0.05) is 38.1 Å². The fourth-order valence-electron chi connectivity index (χ4n) is 2.65. The van der Waals surface area contributed by atoms with E-state index in [4.69, 9.17) is 0 Å². The summed E-state index contributed by atoms with van der Waals surface area (Å²) < 4.78 is 0. The van der Waals surface area contributed by atoms with Crippen molar-refractivity contribution < 1.29 is 0 Å². The van der Waals surface area contributed by atoms with Crippen LogP contribution in [0, 0.1) is 5.92 Å². The molecule has 1 saturated heterocycles. The van der Waals surface area contributed by atoms with Crippen LogP contribution in [0.1, 0.15) is 37.8 Å². The van der Waals surface area contributed by atoms with Crippen molar-refractivity contribution in [1.29, 1.82) is 0 Å². The first-order chi connectivity index (χ1) is 9.28. The maximum absolute atomic E-state index is 3.56. The van der Waals surface area contributed by atoms with Crippen LogP contribution in [0.4, 0.5) is 0 Å². The fourth-order valence-corrected chi connectivity index (χ4v) is 2.65. The van der Waals surface area contributed by atoms with Crippen molar-refractivity contribution in [3.8, 4) is 0 Å². The molecule has 0 radical (unpaired) electrons. The molecule has 106 valence electrons. The van der Waals surface area contributed by atoms with Crippen LogP contribution >= 0.6 is 0 Å². The number of nitrogens with zero attached hydrogens (tertiary/aromatic N) is 1. The van der Waals surface area contributed by atoms with E-state index >= 15 is 0 Å². The number of benzene rings is 1. The van der Waals surface area contributed by atoms with E-state index in [-0.39, 0.29) is 0 Å². The van der Waals surface area contributed by atoms with Crippen molar-refractivity contribution in [2.24, 2.45) is 5.92 Å². The zero-order valence-corrected chi connectivity index (χ0v) is 12.5. The van der Waals surface area contributed by atoms with Gasteiger partial charge in [-0.05, 0) is 49.4 Å². The molecule has 0 bridgehead atoms. The molecule has 1 N–H and O–H groups in total. The van der Waals surface area contributed by atoms with Crippen LogP contribution in [-0.4, -0.2) is 31.1 Å². The highest BCUT2D eigenvalue weighted by Crippen LogP contribution is 2.15. The van der Waals surface area contributed by atoms with Gasteiger partial charge >= 0.3 is 0 Å². The third kappa shape index (κ3) is 4.96. The molecule has 0 saturated carbocycles. The van der Waals surface area contributed by atoms with Gasteiger partial charge in [-0.15, -0.1) is 0 Å². The molecule has 1 aliphatic heterocycles. The molecule has 1 aromatic carbocycles. The van der Waals surface area contributed by atoms with E-state index < -0.39 is 0 Å². The first-order valence-electron chi connectivity index (χ1n) is 7.79. The summed E-state index contributed by atoms with van der Waals surface area (Å²) in [6.07, 6.45) is 3.87. The summed E-state index contributed by atoms with van der Waals surface area (Å²) in [6.45, 7) is 10.4. The van der Waals surface area contributed by atoms with Crippen LogP contribution in [0.15, 0.2) is 24.3 Å². The van der Waals surface area contributed by atoms with Crippen LogP contribution in [0.25, 0.3) is 0 Å². The second-order valence-corrected chi connectivity index (χ2v) is 5.87. The van der Waals surface area contributed by atoms with Gasteiger partial charge in [0.05, 0.1) is 0 Å². The summed E-state index contributed by atoms with van der Waals surface area (Å²) in [6, 6.07) is 8.97. The predicted molar refractivity (Wildman–Crippen MR) is 82.4 cm³/mol. The number of aryl methyl sites for hydroxylation is 1. The lowest BCUT2D eigenvalue weighted by Gasteiger charge is -2.30. The smallest absolute Gasteiger partial charge is 0.0206 e. The van der Waals surface area contributed by atoms with E-state index in [1.165, 1.54) is 43.6 Å². The van der Waals surface area contributed by atoms with Gasteiger partial charge in [0.1, 0.15) is 0 Å². The van der Waals surface area contributed by atoms with Crippen LogP contribution in [-0.2, 0) is 13.0 Å². The van der Waals surface area contributed by atoms with Crippen molar-refractivity contribution in [2.45, 2.75) is 39.7 Å². The van der Waals surface area contributed by atoms with Gasteiger partial charge < -0.3 is 10.2 Å². The van der Waals surface area contributed by atoms with Crippen molar-refractivity contribution in [3.63, 3.8) is 0 Å². The number of likely N-dealkylation sites (tertiary alicyclic amines) is 1. The van der Waals surface area contributed by atoms with Gasteiger partial charge in [0.25, 0.3) is 0 Å². The van der Waals surface area contributed by atoms with Gasteiger partial charge in [0.2, 0.25) is 0 Å². The second-order valence-electron chi connectivity index (χ2n) is 5.87. The van der Waals surface area contributed by atoms with E-state index in [9.17, 15) is 0 Å². The van der Waals surface area contributed by atoms with Crippen LogP contribution in [0.5, 0.6) is 0 Å². The maximum Gasteiger partial charge on any atom is 0.0206 e. The second kappa shape index (κ2) is 7.66. The SMILES string of the molecule is CCc1ccc(CNCCN2CCC(C)CC2)cc1. The molecular formula is C17H28N2. The van der Waals surface area contributed by atoms with E-state index in [0.29, 0.717) is 0 Å². The van der Waals surface area contributed by atoms with Crippen LogP contribution < -0.4 is 5.32 Å². The molecule has 0 aliphatic carbocycles. The Hall–Kier alpha value is -0.860. The Morgan fingerprint density at radius 3 is 2.37 bits per heavy atom. The van der Waals surface area contributed by atoms with Gasteiger partial charge in [-0.25, -0.2) is 0 Å². The molecule has 0 spiro atoms. The zero-order valence-electron chi connectivity index (χ0n) is 12.5. The molecule has 1 aliphatic rings. The monoisotopic (exact) mass is 260 g/mol. The Labute approximate surface area is 118 Å². The van der Waals surface area contributed by atoms with Gasteiger partial charge in [-0.2, -0.15) is 0 Å². The average Bonchev–Trinajstić information content (AvgIpc) is 2.46. The molecule has 1 aromatic rings. The molecule has 0 aromatic heterocycles. The third-order valence-electron chi connectivity index (χ3n) is 4.24. The molecular weight excluding hydrogens is 232 g/mol. The summed E-state index contributed by atoms with van der Waals surface area (Å²) in [5.41, 5.74) is 2.82. The molecule has 2 nitrogen and oxygen atoms in total. The fraction of sp³-hybridized carbons (Fsp3) is 0.647. The first kappa shape index (κ1) is 14.5. The normalized spacial score (nSPS) is 17.8. The lowest BCUT2D eigenvalue weighted by atomic mass is 9.99. The van der Waals surface area contributed by atoms with E-state index in [2.05, 4.69) is 48.3 Å². The largest absolute Gasteiger partial charge is 0.311 e. The number of hydrogen-bond donors (Lipinski definition) is 1. The molecule has 19 heavy (non-hydrogen) atoms. The highest BCUT2D eigenvalue weighted by molar-refractivity contribution is 5.22. The Morgan fingerprint density at radius 1 is 1.11 bits per heavy atom. The maximum atomic E-state index is 3.56. The first-order valence-corrected chi connectivity index (χ1v) is 7.79. The standard InChI is InChI=1S/C17H28N2/c1-3-16-4-6-17(7-5-16)14-18-10-13-19-11-8-15(2)9-12-19/h4-7,15,18H,3,8-14H2,1-2H3. The molecule has 1 heterocycles. The Balaban J connectivity index is 1.61. The lowest BCUT2D eigenvalue weighted by molar-refractivity contribution is 0.193. The molecule has 2 rings (SSSR count). The minimum absolute atomic E-state index is 0.932. The molecule has 0 amide bonds. The topological polar surface area (TPSA) is 15.3 Å². The predicted octanol–water partition coefficient (Wildman–Crippen LogP) is 3.07. The highest BCUT2D eigenvalue weighted by Gasteiger charge is 2.14. The van der Waals surface area contributed by atoms with Gasteiger partial charge in [0, 0.05) is 19.6 Å². The Bertz CT molecular complexity index is 350. The Morgan fingerprint density at radius 2 is 1.74 bits per heavy atom. The summed E-state index contributed by atoms with van der Waals surface area (Å²) in [5, 5.41) is 3.56. The molecule has 0 atom stereocenters. The molecule has 2 heteroatoms. The van der Waals surface area contributed by atoms with Crippen molar-refractivity contribution >= 4 is 0 Å². The summed E-state index contributed by atoms with van der Waals surface area (Å²) in [5.74, 6) is 0.932. The van der Waals surface area contributed by atoms with Crippen LogP contribution in [0.2, 0.25) is 0 Å². The minimum Gasteiger partial charge on any atom is -0.311 e. The lowest BCUT2D eigenvalue weighted by Crippen LogP contribution is -2.37. The summed E-state index contributed by atoms with van der Waals surface area (Å²) in [7, 11) is 0. The quantitative estimate of drug-likeness (QED) is 0.791. The number of rotatable bonds is 6.